The van der Waals surface area contributed by atoms with Crippen LogP contribution < -0.4 is 5.32 Å². The predicted molar refractivity (Wildman–Crippen MR) is 107 cm³/mol. The molecule has 27 heavy (non-hydrogen) atoms. The molecule has 0 saturated heterocycles. The minimum absolute atomic E-state index is 0.0316. The summed E-state index contributed by atoms with van der Waals surface area (Å²) in [6, 6.07) is 5.40. The van der Waals surface area contributed by atoms with E-state index >= 15 is 0 Å². The van der Waals surface area contributed by atoms with Crippen molar-refractivity contribution < 1.29 is 18.3 Å². The molecule has 2 N–H and O–H groups in total. The zero-order chi connectivity index (χ0) is 19.5. The first-order valence-electron chi connectivity index (χ1n) is 7.89. The summed E-state index contributed by atoms with van der Waals surface area (Å²) in [5.41, 5.74) is 1.39. The van der Waals surface area contributed by atoms with E-state index in [1.165, 1.54) is 18.4 Å². The van der Waals surface area contributed by atoms with Gasteiger partial charge >= 0.3 is 0 Å². The normalized spacial score (nSPS) is 15.9. The van der Waals surface area contributed by atoms with Crippen LogP contribution in [0.1, 0.15) is 16.1 Å². The summed E-state index contributed by atoms with van der Waals surface area (Å²) in [6.45, 7) is 3.69. The number of fused-ring (bicyclic) bond motifs is 3. The van der Waals surface area contributed by atoms with Crippen molar-refractivity contribution in [2.45, 2.75) is 18.7 Å². The van der Waals surface area contributed by atoms with Gasteiger partial charge in [-0.25, -0.2) is 13.4 Å². The van der Waals surface area contributed by atoms with Crippen LogP contribution in [0, 0.1) is 13.8 Å². The third-order valence-electron chi connectivity index (χ3n) is 4.23. The van der Waals surface area contributed by atoms with Crippen LogP contribution in [0.3, 0.4) is 0 Å². The van der Waals surface area contributed by atoms with Gasteiger partial charge in [0.25, 0.3) is 15.9 Å². The SMILES string of the molecule is Cc1ccc2c3c(sc2c1)C(O)=C(C(=O)Nc1nc(C)cs1)N(C)S3(=O)=O. The Morgan fingerprint density at radius 2 is 2.04 bits per heavy atom. The number of thiophene rings is 1. The van der Waals surface area contributed by atoms with Crippen LogP contribution in [0.5, 0.6) is 0 Å². The number of nitrogens with zero attached hydrogens (tertiary/aromatic N) is 2. The van der Waals surface area contributed by atoms with E-state index in [1.807, 2.05) is 19.1 Å². The Morgan fingerprint density at radius 3 is 2.70 bits per heavy atom. The van der Waals surface area contributed by atoms with Crippen LogP contribution in [0.2, 0.25) is 0 Å². The first-order chi connectivity index (χ1) is 12.7. The van der Waals surface area contributed by atoms with Crippen LogP contribution >= 0.6 is 22.7 Å². The van der Waals surface area contributed by atoms with Crippen LogP contribution in [-0.4, -0.2) is 35.8 Å². The van der Waals surface area contributed by atoms with Crippen molar-refractivity contribution >= 4 is 59.6 Å². The monoisotopic (exact) mass is 421 g/mol. The molecule has 140 valence electrons. The van der Waals surface area contributed by atoms with Gasteiger partial charge in [-0.1, -0.05) is 12.1 Å². The Kier molecular flexibility index (Phi) is 4.02. The molecule has 1 amide bonds. The van der Waals surface area contributed by atoms with E-state index in [9.17, 15) is 18.3 Å². The van der Waals surface area contributed by atoms with Gasteiger partial charge in [-0.05, 0) is 25.5 Å². The number of anilines is 1. The molecule has 0 unspecified atom stereocenters. The van der Waals surface area contributed by atoms with E-state index in [4.69, 9.17) is 0 Å². The molecule has 1 aliphatic rings. The zero-order valence-corrected chi connectivity index (χ0v) is 17.1. The molecule has 4 rings (SSSR count). The number of sulfonamides is 1. The topological polar surface area (TPSA) is 99.6 Å². The van der Waals surface area contributed by atoms with E-state index < -0.39 is 15.9 Å². The zero-order valence-electron chi connectivity index (χ0n) is 14.6. The minimum atomic E-state index is -3.98. The number of aryl methyl sites for hydroxylation is 2. The number of carbonyl (C=O) groups is 1. The van der Waals surface area contributed by atoms with Gasteiger partial charge in [0.15, 0.2) is 16.6 Å². The van der Waals surface area contributed by atoms with Crippen molar-refractivity contribution in [1.82, 2.24) is 9.29 Å². The lowest BCUT2D eigenvalue weighted by atomic mass is 10.2. The molecule has 3 aromatic rings. The minimum Gasteiger partial charge on any atom is -0.504 e. The van der Waals surface area contributed by atoms with Crippen LogP contribution in [0.25, 0.3) is 15.8 Å². The number of aliphatic hydroxyl groups is 1. The van der Waals surface area contributed by atoms with Gasteiger partial charge in [0, 0.05) is 22.5 Å². The molecule has 0 bridgehead atoms. The summed E-state index contributed by atoms with van der Waals surface area (Å²) >= 11 is 2.37. The predicted octanol–water partition coefficient (Wildman–Crippen LogP) is 3.47. The molecule has 2 aromatic heterocycles. The number of likely N-dealkylation sites (N-methyl/N-ethyl adjacent to an activating group) is 1. The molecular formula is C17H15N3O4S3. The average molecular weight is 422 g/mol. The quantitative estimate of drug-likeness (QED) is 0.660. The van der Waals surface area contributed by atoms with Crippen molar-refractivity contribution in [1.29, 1.82) is 0 Å². The van der Waals surface area contributed by atoms with Crippen LogP contribution in [0.15, 0.2) is 34.2 Å². The standard InChI is InChI=1S/C17H15N3O4S3/c1-8-4-5-10-11(6-8)26-14-13(21)12(20(3)27(23,24)15(10)14)16(22)19-17-18-9(2)7-25-17/h4-7,21H,1-3H3,(H,18,19,22). The highest BCUT2D eigenvalue weighted by molar-refractivity contribution is 7.89. The molecule has 1 aromatic carbocycles. The Hall–Kier alpha value is -2.43. The fourth-order valence-electron chi connectivity index (χ4n) is 2.92. The van der Waals surface area contributed by atoms with Gasteiger partial charge in [0.2, 0.25) is 0 Å². The van der Waals surface area contributed by atoms with Crippen molar-refractivity contribution in [2.75, 3.05) is 12.4 Å². The number of benzene rings is 1. The molecule has 3 heterocycles. The number of aliphatic hydroxyl groups excluding tert-OH is 1. The maximum Gasteiger partial charge on any atom is 0.278 e. The highest BCUT2D eigenvalue weighted by atomic mass is 32.2. The first kappa shape index (κ1) is 18.0. The highest BCUT2D eigenvalue weighted by Gasteiger charge is 2.41. The largest absolute Gasteiger partial charge is 0.504 e. The Morgan fingerprint density at radius 1 is 1.30 bits per heavy atom. The molecule has 7 nitrogen and oxygen atoms in total. The lowest BCUT2D eigenvalue weighted by molar-refractivity contribution is -0.113. The number of thiazole rings is 1. The van der Waals surface area contributed by atoms with Gasteiger partial charge in [-0.2, -0.15) is 0 Å². The Labute approximate surface area is 163 Å². The van der Waals surface area contributed by atoms with Crippen molar-refractivity contribution in [3.63, 3.8) is 0 Å². The van der Waals surface area contributed by atoms with Gasteiger partial charge in [-0.3, -0.25) is 14.4 Å². The number of amides is 1. The number of carbonyl (C=O) groups excluding carboxylic acids is 1. The van der Waals surface area contributed by atoms with Gasteiger partial charge in [0.05, 0.1) is 10.6 Å². The summed E-state index contributed by atoms with van der Waals surface area (Å²) in [7, 11) is -2.72. The van der Waals surface area contributed by atoms with Gasteiger partial charge in [0.1, 0.15) is 4.90 Å². The van der Waals surface area contributed by atoms with E-state index in [1.54, 1.807) is 18.4 Å². The van der Waals surface area contributed by atoms with Crippen LogP contribution in [-0.2, 0) is 14.8 Å². The highest BCUT2D eigenvalue weighted by Crippen LogP contribution is 2.44. The average Bonchev–Trinajstić information content (AvgIpc) is 3.17. The number of aromatic nitrogens is 1. The number of hydrogen-bond acceptors (Lipinski definition) is 7. The number of rotatable bonds is 2. The summed E-state index contributed by atoms with van der Waals surface area (Å²) in [5, 5.41) is 15.9. The fraction of sp³-hybridized carbons (Fsp3) is 0.176. The van der Waals surface area contributed by atoms with Gasteiger partial charge in [-0.15, -0.1) is 22.7 Å². The maximum atomic E-state index is 13.1. The number of hydrogen-bond donors (Lipinski definition) is 2. The second-order valence-corrected chi connectivity index (χ2v) is 9.99. The molecule has 0 spiro atoms. The van der Waals surface area contributed by atoms with E-state index in [0.29, 0.717) is 10.5 Å². The molecular weight excluding hydrogens is 406 g/mol. The second kappa shape index (κ2) is 6.04. The third kappa shape index (κ3) is 2.71. The molecule has 0 fully saturated rings. The Bertz CT molecular complexity index is 1240. The lowest BCUT2D eigenvalue weighted by Gasteiger charge is -2.26. The smallest absolute Gasteiger partial charge is 0.278 e. The molecule has 0 radical (unpaired) electrons. The van der Waals surface area contributed by atoms with Gasteiger partial charge < -0.3 is 5.11 Å². The summed E-state index contributed by atoms with van der Waals surface area (Å²) < 4.78 is 27.7. The Balaban J connectivity index is 1.90. The van der Waals surface area contributed by atoms with E-state index in [2.05, 4.69) is 10.3 Å². The maximum absolute atomic E-state index is 13.1. The lowest BCUT2D eigenvalue weighted by Crippen LogP contribution is -2.36. The van der Waals surface area contributed by atoms with Crippen LogP contribution in [0.4, 0.5) is 5.13 Å². The van der Waals surface area contributed by atoms with E-state index in [-0.39, 0.29) is 21.2 Å². The fourth-order valence-corrected chi connectivity index (χ4v) is 6.72. The van der Waals surface area contributed by atoms with Crippen molar-refractivity contribution in [3.8, 4) is 0 Å². The summed E-state index contributed by atoms with van der Waals surface area (Å²) in [6.07, 6.45) is 0. The first-order valence-corrected chi connectivity index (χ1v) is 11.0. The van der Waals surface area contributed by atoms with Crippen molar-refractivity contribution in [3.05, 3.63) is 45.4 Å². The molecule has 0 saturated carbocycles. The molecule has 10 heteroatoms. The number of nitrogens with one attached hydrogen (secondary N) is 1. The molecule has 1 aliphatic heterocycles. The summed E-state index contributed by atoms with van der Waals surface area (Å²) in [5.74, 6) is -1.08. The second-order valence-electron chi connectivity index (χ2n) is 6.18. The summed E-state index contributed by atoms with van der Waals surface area (Å²) in [4.78, 5) is 17.0. The molecule has 0 aliphatic carbocycles. The van der Waals surface area contributed by atoms with Crippen molar-refractivity contribution in [2.24, 2.45) is 0 Å². The van der Waals surface area contributed by atoms with E-state index in [0.717, 1.165) is 31.6 Å². The third-order valence-corrected chi connectivity index (χ3v) is 8.23. The molecule has 0 atom stereocenters.